The van der Waals surface area contributed by atoms with Crippen molar-refractivity contribution in [3.8, 4) is 0 Å². The summed E-state index contributed by atoms with van der Waals surface area (Å²) in [6, 6.07) is 3.22. The van der Waals surface area contributed by atoms with E-state index in [0.717, 1.165) is 12.7 Å². The summed E-state index contributed by atoms with van der Waals surface area (Å²) in [6.45, 7) is 1.06. The van der Waals surface area contributed by atoms with E-state index < -0.39 is 5.60 Å². The number of nitrogens with zero attached hydrogens (tertiary/aromatic N) is 1. The second kappa shape index (κ2) is 4.49. The number of methoxy groups -OCH3 is 1. The van der Waals surface area contributed by atoms with Gasteiger partial charge in [0.15, 0.2) is 0 Å². The molecule has 0 aromatic carbocycles. The molecule has 0 aliphatic carbocycles. The van der Waals surface area contributed by atoms with Crippen molar-refractivity contribution in [3.63, 3.8) is 0 Å². The van der Waals surface area contributed by atoms with E-state index in [4.69, 9.17) is 21.1 Å². The molecule has 1 aliphatic heterocycles. The molecule has 2 heterocycles. The van der Waals surface area contributed by atoms with Crippen LogP contribution in [-0.2, 0) is 15.1 Å². The number of carbonyl (C=O) groups excluding carboxylic acids is 1. The number of hydrogen-bond acceptors (Lipinski definition) is 4. The summed E-state index contributed by atoms with van der Waals surface area (Å²) in [7, 11) is 1.61. The minimum atomic E-state index is -0.567. The van der Waals surface area contributed by atoms with E-state index in [2.05, 4.69) is 4.98 Å². The fourth-order valence-electron chi connectivity index (χ4n) is 1.83. The Labute approximate surface area is 98.5 Å². The van der Waals surface area contributed by atoms with Gasteiger partial charge in [-0.1, -0.05) is 11.6 Å². The van der Waals surface area contributed by atoms with Crippen LogP contribution in [0.25, 0.3) is 0 Å². The molecule has 5 heteroatoms. The summed E-state index contributed by atoms with van der Waals surface area (Å²) >= 11 is 5.86. The van der Waals surface area contributed by atoms with Crippen LogP contribution < -0.4 is 0 Å². The van der Waals surface area contributed by atoms with Crippen LogP contribution in [0.2, 0.25) is 5.15 Å². The molecule has 0 radical (unpaired) electrons. The highest BCUT2D eigenvalue weighted by atomic mass is 35.5. The SMILES string of the molecule is COC1(c2cc(C=O)cc(Cl)n2)CCOC1. The van der Waals surface area contributed by atoms with E-state index in [0.29, 0.717) is 29.6 Å². The predicted molar refractivity (Wildman–Crippen MR) is 58.8 cm³/mol. The highest BCUT2D eigenvalue weighted by Crippen LogP contribution is 2.33. The summed E-state index contributed by atoms with van der Waals surface area (Å²) in [5, 5.41) is 0.294. The number of rotatable bonds is 3. The minimum absolute atomic E-state index is 0.294. The van der Waals surface area contributed by atoms with Gasteiger partial charge >= 0.3 is 0 Å². The average molecular weight is 242 g/mol. The third-order valence-electron chi connectivity index (χ3n) is 2.80. The second-order valence-electron chi connectivity index (χ2n) is 3.73. The maximum Gasteiger partial charge on any atom is 0.150 e. The van der Waals surface area contributed by atoms with Gasteiger partial charge in [-0.3, -0.25) is 4.79 Å². The van der Waals surface area contributed by atoms with Gasteiger partial charge in [-0.25, -0.2) is 4.98 Å². The van der Waals surface area contributed by atoms with Gasteiger partial charge in [-0.15, -0.1) is 0 Å². The molecule has 0 saturated carbocycles. The molecule has 2 rings (SSSR count). The molecule has 16 heavy (non-hydrogen) atoms. The molecule has 1 aromatic rings. The predicted octanol–water partition coefficient (Wildman–Crippen LogP) is 1.81. The lowest BCUT2D eigenvalue weighted by molar-refractivity contribution is -0.0246. The lowest BCUT2D eigenvalue weighted by Crippen LogP contribution is -2.30. The Morgan fingerprint density at radius 2 is 2.44 bits per heavy atom. The maximum absolute atomic E-state index is 10.8. The van der Waals surface area contributed by atoms with Crippen LogP contribution in [-0.4, -0.2) is 31.6 Å². The molecule has 0 amide bonds. The van der Waals surface area contributed by atoms with Gasteiger partial charge in [-0.2, -0.15) is 0 Å². The summed E-state index contributed by atoms with van der Waals surface area (Å²) in [6.07, 6.45) is 1.46. The first-order valence-electron chi connectivity index (χ1n) is 4.96. The van der Waals surface area contributed by atoms with Crippen LogP contribution in [0.15, 0.2) is 12.1 Å². The molecule has 1 fully saturated rings. The number of aromatic nitrogens is 1. The third kappa shape index (κ3) is 1.96. The highest BCUT2D eigenvalue weighted by Gasteiger charge is 2.38. The quantitative estimate of drug-likeness (QED) is 0.598. The zero-order chi connectivity index (χ0) is 11.6. The fourth-order valence-corrected chi connectivity index (χ4v) is 2.05. The fraction of sp³-hybridized carbons (Fsp3) is 0.455. The van der Waals surface area contributed by atoms with Crippen LogP contribution in [0.3, 0.4) is 0 Å². The molecule has 4 nitrogen and oxygen atoms in total. The third-order valence-corrected chi connectivity index (χ3v) is 2.99. The van der Waals surface area contributed by atoms with Crippen LogP contribution in [0.1, 0.15) is 22.5 Å². The van der Waals surface area contributed by atoms with E-state index in [1.54, 1.807) is 13.2 Å². The van der Waals surface area contributed by atoms with Crippen molar-refractivity contribution in [2.75, 3.05) is 20.3 Å². The Morgan fingerprint density at radius 3 is 3.00 bits per heavy atom. The van der Waals surface area contributed by atoms with Crippen LogP contribution in [0.5, 0.6) is 0 Å². The normalized spacial score (nSPS) is 24.6. The summed E-state index contributed by atoms with van der Waals surface area (Å²) < 4.78 is 10.8. The Morgan fingerprint density at radius 1 is 1.62 bits per heavy atom. The first-order valence-corrected chi connectivity index (χ1v) is 5.34. The Bertz CT molecular complexity index is 402. The second-order valence-corrected chi connectivity index (χ2v) is 4.11. The van der Waals surface area contributed by atoms with Crippen molar-refractivity contribution in [2.45, 2.75) is 12.0 Å². The number of halogens is 1. The number of hydrogen-bond donors (Lipinski definition) is 0. The number of ether oxygens (including phenoxy) is 2. The zero-order valence-electron chi connectivity index (χ0n) is 8.90. The first kappa shape index (κ1) is 11.5. The number of aldehydes is 1. The van der Waals surface area contributed by atoms with Gasteiger partial charge in [-0.05, 0) is 12.1 Å². The largest absolute Gasteiger partial charge is 0.378 e. The van der Waals surface area contributed by atoms with Gasteiger partial charge in [0.25, 0.3) is 0 Å². The van der Waals surface area contributed by atoms with Crippen LogP contribution >= 0.6 is 11.6 Å². The summed E-state index contributed by atoms with van der Waals surface area (Å²) in [5.41, 5.74) is 0.586. The molecule has 0 bridgehead atoms. The van der Waals surface area contributed by atoms with Crippen molar-refractivity contribution >= 4 is 17.9 Å². The van der Waals surface area contributed by atoms with Gasteiger partial charge in [0.1, 0.15) is 17.0 Å². The van der Waals surface area contributed by atoms with E-state index in [-0.39, 0.29) is 0 Å². The van der Waals surface area contributed by atoms with Crippen molar-refractivity contribution in [1.29, 1.82) is 0 Å². The van der Waals surface area contributed by atoms with Gasteiger partial charge in [0.05, 0.1) is 12.3 Å². The zero-order valence-corrected chi connectivity index (χ0v) is 9.66. The van der Waals surface area contributed by atoms with E-state index in [9.17, 15) is 4.79 Å². The van der Waals surface area contributed by atoms with Gasteiger partial charge in [0, 0.05) is 25.7 Å². The van der Waals surface area contributed by atoms with Crippen molar-refractivity contribution in [2.24, 2.45) is 0 Å². The summed E-state index contributed by atoms with van der Waals surface area (Å²) in [4.78, 5) is 15.0. The Hall–Kier alpha value is -0.970. The van der Waals surface area contributed by atoms with E-state index in [1.165, 1.54) is 6.07 Å². The molecule has 1 aliphatic rings. The molecule has 1 saturated heterocycles. The molecule has 0 spiro atoms. The standard InChI is InChI=1S/C11H12ClNO3/c1-15-11(2-3-16-7-11)9-4-8(6-14)5-10(12)13-9/h4-6H,2-3,7H2,1H3. The first-order chi connectivity index (χ1) is 7.70. The van der Waals surface area contributed by atoms with Crippen molar-refractivity contribution in [3.05, 3.63) is 28.5 Å². The minimum Gasteiger partial charge on any atom is -0.378 e. The molecule has 1 unspecified atom stereocenters. The lowest BCUT2D eigenvalue weighted by atomic mass is 9.97. The molecular weight excluding hydrogens is 230 g/mol. The maximum atomic E-state index is 10.8. The molecule has 86 valence electrons. The molecule has 0 N–H and O–H groups in total. The molecule has 1 aromatic heterocycles. The van der Waals surface area contributed by atoms with E-state index in [1.807, 2.05) is 0 Å². The summed E-state index contributed by atoms with van der Waals surface area (Å²) in [5.74, 6) is 0. The number of pyridine rings is 1. The average Bonchev–Trinajstić information content (AvgIpc) is 2.78. The number of carbonyl (C=O) groups is 1. The van der Waals surface area contributed by atoms with Crippen molar-refractivity contribution in [1.82, 2.24) is 4.98 Å². The Kier molecular flexibility index (Phi) is 3.23. The molecule has 1 atom stereocenters. The lowest BCUT2D eigenvalue weighted by Gasteiger charge is -2.25. The van der Waals surface area contributed by atoms with Crippen LogP contribution in [0.4, 0.5) is 0 Å². The highest BCUT2D eigenvalue weighted by molar-refractivity contribution is 6.29. The monoisotopic (exact) mass is 241 g/mol. The molecular formula is C11H12ClNO3. The topological polar surface area (TPSA) is 48.4 Å². The van der Waals surface area contributed by atoms with Crippen molar-refractivity contribution < 1.29 is 14.3 Å². The van der Waals surface area contributed by atoms with Crippen LogP contribution in [0, 0.1) is 0 Å². The Balaban J connectivity index is 2.45. The van der Waals surface area contributed by atoms with Gasteiger partial charge in [0.2, 0.25) is 0 Å². The smallest absolute Gasteiger partial charge is 0.150 e. The van der Waals surface area contributed by atoms with E-state index >= 15 is 0 Å². The van der Waals surface area contributed by atoms with Gasteiger partial charge < -0.3 is 9.47 Å².